The Kier molecular flexibility index (Phi) is 5.67. The zero-order valence-corrected chi connectivity index (χ0v) is 16.7. The van der Waals surface area contributed by atoms with Crippen molar-refractivity contribution in [3.05, 3.63) is 71.4 Å². The fraction of sp³-hybridized carbons (Fsp3) is 0.227. The third-order valence-corrected chi connectivity index (χ3v) is 5.88. The van der Waals surface area contributed by atoms with E-state index in [-0.39, 0.29) is 17.1 Å². The molecule has 2 aliphatic rings. The van der Waals surface area contributed by atoms with Crippen molar-refractivity contribution in [2.75, 3.05) is 13.7 Å². The lowest BCUT2D eigenvalue weighted by Crippen LogP contribution is -2.31. The van der Waals surface area contributed by atoms with Gasteiger partial charge in [-0.05, 0) is 29.3 Å². The number of thioether (sulfide) groups is 1. The molecule has 1 atom stereocenters. The van der Waals surface area contributed by atoms with Gasteiger partial charge in [0.25, 0.3) is 5.91 Å². The van der Waals surface area contributed by atoms with Crippen LogP contribution in [0.15, 0.2) is 65.3 Å². The third-order valence-electron chi connectivity index (χ3n) is 4.65. The van der Waals surface area contributed by atoms with Crippen LogP contribution in [0.2, 0.25) is 0 Å². The number of cyclic esters (lactones) is 1. The number of hydrogen-bond acceptors (Lipinski definition) is 6. The van der Waals surface area contributed by atoms with Crippen molar-refractivity contribution in [1.82, 2.24) is 4.90 Å². The average molecular weight is 408 g/mol. The molecule has 0 unspecified atom stereocenters. The molecule has 1 fully saturated rings. The summed E-state index contributed by atoms with van der Waals surface area (Å²) in [7, 11) is 1.61. The number of benzene rings is 2. The van der Waals surface area contributed by atoms with Gasteiger partial charge in [0.05, 0.1) is 20.3 Å². The molecule has 0 spiro atoms. The number of aliphatic imine (C=N–C) groups is 1. The van der Waals surface area contributed by atoms with E-state index in [1.165, 1.54) is 11.8 Å². The molecule has 0 aliphatic carbocycles. The molecule has 4 rings (SSSR count). The summed E-state index contributed by atoms with van der Waals surface area (Å²) in [5.74, 6) is 0.311. The lowest BCUT2D eigenvalue weighted by Gasteiger charge is -2.18. The second kappa shape index (κ2) is 8.53. The molecule has 0 bridgehead atoms. The molecule has 6 nitrogen and oxygen atoms in total. The Balaban J connectivity index is 1.62. The zero-order valence-electron chi connectivity index (χ0n) is 15.9. The van der Waals surface area contributed by atoms with Gasteiger partial charge in [0.15, 0.2) is 5.17 Å². The van der Waals surface area contributed by atoms with Crippen LogP contribution in [0, 0.1) is 0 Å². The lowest BCUT2D eigenvalue weighted by molar-refractivity contribution is -0.137. The molecule has 2 aromatic rings. The highest BCUT2D eigenvalue weighted by Gasteiger charge is 2.36. The maximum Gasteiger partial charge on any atom is 0.319 e. The van der Waals surface area contributed by atoms with Crippen LogP contribution in [0.5, 0.6) is 5.75 Å². The minimum absolute atomic E-state index is 0.182. The minimum atomic E-state index is -0.333. The van der Waals surface area contributed by atoms with Crippen LogP contribution in [0.4, 0.5) is 0 Å². The fourth-order valence-corrected chi connectivity index (χ4v) is 4.15. The van der Waals surface area contributed by atoms with Crippen molar-refractivity contribution >= 4 is 34.9 Å². The molecule has 0 aromatic heterocycles. The SMILES string of the molecule is COc1ccc(/C=C2\N=C(S[C@H]3CCOC3=O)N(Cc3ccccc3)C2=O)cc1. The van der Waals surface area contributed by atoms with Crippen LogP contribution in [-0.2, 0) is 20.9 Å². The van der Waals surface area contributed by atoms with Gasteiger partial charge in [0, 0.05) is 6.42 Å². The molecule has 1 amide bonds. The number of carbonyl (C=O) groups is 2. The van der Waals surface area contributed by atoms with Gasteiger partial charge in [-0.2, -0.15) is 0 Å². The van der Waals surface area contributed by atoms with E-state index in [4.69, 9.17) is 9.47 Å². The van der Waals surface area contributed by atoms with Gasteiger partial charge >= 0.3 is 5.97 Å². The van der Waals surface area contributed by atoms with Gasteiger partial charge in [0.2, 0.25) is 0 Å². The van der Waals surface area contributed by atoms with Gasteiger partial charge in [-0.25, -0.2) is 4.99 Å². The highest BCUT2D eigenvalue weighted by Crippen LogP contribution is 2.31. The summed E-state index contributed by atoms with van der Waals surface area (Å²) in [6.45, 7) is 0.804. The summed E-state index contributed by atoms with van der Waals surface area (Å²) in [5.41, 5.74) is 2.19. The monoisotopic (exact) mass is 408 g/mol. The van der Waals surface area contributed by atoms with Crippen molar-refractivity contribution in [3.63, 3.8) is 0 Å². The Hall–Kier alpha value is -3.06. The van der Waals surface area contributed by atoms with Gasteiger partial charge in [-0.1, -0.05) is 54.2 Å². The van der Waals surface area contributed by atoms with Crippen LogP contribution in [0.25, 0.3) is 6.08 Å². The molecule has 2 aromatic carbocycles. The number of carbonyl (C=O) groups excluding carboxylic acids is 2. The number of amidine groups is 1. The van der Waals surface area contributed by atoms with Crippen LogP contribution in [0.1, 0.15) is 17.5 Å². The number of ether oxygens (including phenoxy) is 2. The molecule has 0 N–H and O–H groups in total. The standard InChI is InChI=1S/C22H20N2O4S/c1-27-17-9-7-15(8-10-17)13-18-20(25)24(14-16-5-3-2-4-6-16)22(23-18)29-19-11-12-28-21(19)26/h2-10,13,19H,11-12,14H2,1H3/b18-13-/t19-/m0/s1. The highest BCUT2D eigenvalue weighted by molar-refractivity contribution is 8.15. The van der Waals surface area contributed by atoms with E-state index in [0.717, 1.165) is 16.9 Å². The van der Waals surface area contributed by atoms with Crippen molar-refractivity contribution in [1.29, 1.82) is 0 Å². The topological polar surface area (TPSA) is 68.2 Å². The van der Waals surface area contributed by atoms with E-state index in [2.05, 4.69) is 4.99 Å². The van der Waals surface area contributed by atoms with E-state index in [1.807, 2.05) is 54.6 Å². The molecule has 2 aliphatic heterocycles. The average Bonchev–Trinajstić information content (AvgIpc) is 3.28. The number of rotatable bonds is 5. The van der Waals surface area contributed by atoms with E-state index < -0.39 is 0 Å². The maximum atomic E-state index is 13.1. The second-order valence-corrected chi connectivity index (χ2v) is 7.81. The van der Waals surface area contributed by atoms with Crippen LogP contribution in [-0.4, -0.2) is 40.9 Å². The summed E-state index contributed by atoms with van der Waals surface area (Å²) in [5, 5.41) is 0.197. The predicted molar refractivity (Wildman–Crippen MR) is 112 cm³/mol. The van der Waals surface area contributed by atoms with Crippen molar-refractivity contribution in [3.8, 4) is 5.75 Å². The number of amides is 1. The summed E-state index contributed by atoms with van der Waals surface area (Å²) in [6.07, 6.45) is 2.37. The van der Waals surface area contributed by atoms with Gasteiger partial charge in [-0.15, -0.1) is 0 Å². The molecule has 2 heterocycles. The highest BCUT2D eigenvalue weighted by atomic mass is 32.2. The molecule has 0 radical (unpaired) electrons. The summed E-state index contributed by atoms with van der Waals surface area (Å²) < 4.78 is 10.2. The molecular formula is C22H20N2O4S. The van der Waals surface area contributed by atoms with E-state index in [1.54, 1.807) is 18.1 Å². The number of esters is 1. The van der Waals surface area contributed by atoms with Crippen molar-refractivity contribution < 1.29 is 19.1 Å². The van der Waals surface area contributed by atoms with E-state index in [9.17, 15) is 9.59 Å². The normalized spacial score (nSPS) is 20.2. The molecule has 0 saturated carbocycles. The van der Waals surface area contributed by atoms with E-state index >= 15 is 0 Å². The van der Waals surface area contributed by atoms with Crippen LogP contribution in [0.3, 0.4) is 0 Å². The Morgan fingerprint density at radius 2 is 1.93 bits per heavy atom. The van der Waals surface area contributed by atoms with Gasteiger partial charge < -0.3 is 9.47 Å². The minimum Gasteiger partial charge on any atom is -0.497 e. The smallest absolute Gasteiger partial charge is 0.319 e. The maximum absolute atomic E-state index is 13.1. The Bertz CT molecular complexity index is 970. The largest absolute Gasteiger partial charge is 0.497 e. The second-order valence-electron chi connectivity index (χ2n) is 6.64. The van der Waals surface area contributed by atoms with E-state index in [0.29, 0.717) is 30.4 Å². The molecule has 148 valence electrons. The quantitative estimate of drug-likeness (QED) is 0.560. The first-order valence-corrected chi connectivity index (χ1v) is 10.2. The summed E-state index contributed by atoms with van der Waals surface area (Å²) in [4.78, 5) is 31.2. The van der Waals surface area contributed by atoms with Crippen LogP contribution < -0.4 is 4.74 Å². The molecule has 29 heavy (non-hydrogen) atoms. The van der Waals surface area contributed by atoms with Gasteiger partial charge in [0.1, 0.15) is 16.7 Å². The van der Waals surface area contributed by atoms with Crippen molar-refractivity contribution in [2.24, 2.45) is 4.99 Å². The zero-order chi connectivity index (χ0) is 20.2. The van der Waals surface area contributed by atoms with Crippen molar-refractivity contribution in [2.45, 2.75) is 18.2 Å². The number of hydrogen-bond donors (Lipinski definition) is 0. The Morgan fingerprint density at radius 1 is 1.17 bits per heavy atom. The summed E-state index contributed by atoms with van der Waals surface area (Å²) in [6, 6.07) is 17.1. The molecule has 7 heteroatoms. The van der Waals surface area contributed by atoms with Crippen LogP contribution >= 0.6 is 11.8 Å². The Morgan fingerprint density at radius 3 is 2.59 bits per heavy atom. The first-order chi connectivity index (χ1) is 14.1. The first-order valence-electron chi connectivity index (χ1n) is 9.27. The third kappa shape index (κ3) is 4.35. The van der Waals surface area contributed by atoms with Gasteiger partial charge in [-0.3, -0.25) is 14.5 Å². The fourth-order valence-electron chi connectivity index (χ4n) is 3.10. The summed E-state index contributed by atoms with van der Waals surface area (Å²) >= 11 is 1.29. The number of nitrogens with zero attached hydrogens (tertiary/aromatic N) is 2. The number of methoxy groups -OCH3 is 1. The molecular weight excluding hydrogens is 388 g/mol. The first kappa shape index (κ1) is 19.3. The molecule has 1 saturated heterocycles. The predicted octanol–water partition coefficient (Wildman–Crippen LogP) is 3.48. The lowest BCUT2D eigenvalue weighted by atomic mass is 10.1. The Labute approximate surface area is 173 Å².